The quantitative estimate of drug-likeness (QED) is 0.471. The molecule has 1 N–H and O–H groups in total. The zero-order chi connectivity index (χ0) is 23.5. The summed E-state index contributed by atoms with van der Waals surface area (Å²) < 4.78 is 3.25. The monoisotopic (exact) mass is 445 g/mol. The highest BCUT2D eigenvalue weighted by atomic mass is 16.2. The molecule has 0 bridgehead atoms. The van der Waals surface area contributed by atoms with Gasteiger partial charge in [0, 0.05) is 19.0 Å². The van der Waals surface area contributed by atoms with E-state index in [2.05, 4.69) is 46.7 Å². The average Bonchev–Trinajstić information content (AvgIpc) is 3.37. The van der Waals surface area contributed by atoms with Gasteiger partial charge in [0.25, 0.3) is 5.56 Å². The van der Waals surface area contributed by atoms with Gasteiger partial charge < -0.3 is 5.32 Å². The molecule has 0 fully saturated rings. The molecule has 0 radical (unpaired) electrons. The minimum Gasteiger partial charge on any atom is -0.320 e. The molecule has 4 aromatic rings. The summed E-state index contributed by atoms with van der Waals surface area (Å²) in [6.07, 6.45) is 0.112. The van der Waals surface area contributed by atoms with Crippen molar-refractivity contribution < 1.29 is 4.79 Å². The van der Waals surface area contributed by atoms with Gasteiger partial charge in [-0.3, -0.25) is 14.3 Å². The van der Waals surface area contributed by atoms with Crippen LogP contribution in [0.15, 0.2) is 59.4 Å². The summed E-state index contributed by atoms with van der Waals surface area (Å²) in [7, 11) is 1.79. The number of amides is 1. The Hall–Kier alpha value is -4.01. The largest absolute Gasteiger partial charge is 0.320 e. The van der Waals surface area contributed by atoms with Crippen LogP contribution in [-0.4, -0.2) is 35.5 Å². The van der Waals surface area contributed by atoms with E-state index in [1.807, 2.05) is 42.5 Å². The Morgan fingerprint density at radius 3 is 2.42 bits per heavy atom. The Bertz CT molecular complexity index is 1320. The lowest BCUT2D eigenvalue weighted by Gasteiger charge is -2.07. The van der Waals surface area contributed by atoms with Gasteiger partial charge in [0.1, 0.15) is 5.69 Å². The predicted octanol–water partition coefficient (Wildman–Crippen LogP) is 3.29. The van der Waals surface area contributed by atoms with E-state index in [9.17, 15) is 9.59 Å². The molecule has 0 spiro atoms. The number of aromatic nitrogens is 6. The molecule has 0 saturated carbocycles. The number of hydrogen-bond acceptors (Lipinski definition) is 5. The molecule has 0 aliphatic heterocycles. The van der Waals surface area contributed by atoms with Crippen molar-refractivity contribution in [2.24, 2.45) is 7.05 Å². The molecule has 0 atom stereocenters. The third-order valence-electron chi connectivity index (χ3n) is 5.65. The molecule has 4 rings (SSSR count). The SMILES string of the molecule is Cc1c(NC(=O)CCn2nnc(-c3ccc(C(C)C)cc3)n2)c(=O)n(-c2ccccc2)n1C. The van der Waals surface area contributed by atoms with Crippen molar-refractivity contribution in [2.75, 3.05) is 5.32 Å². The molecular weight excluding hydrogens is 418 g/mol. The fourth-order valence-electron chi connectivity index (χ4n) is 3.59. The van der Waals surface area contributed by atoms with Crippen molar-refractivity contribution in [2.45, 2.75) is 39.7 Å². The van der Waals surface area contributed by atoms with E-state index in [-0.39, 0.29) is 30.1 Å². The molecule has 9 heteroatoms. The van der Waals surface area contributed by atoms with Gasteiger partial charge in [0.05, 0.1) is 17.9 Å². The molecule has 0 aliphatic rings. The third-order valence-corrected chi connectivity index (χ3v) is 5.65. The second kappa shape index (κ2) is 9.23. The predicted molar refractivity (Wildman–Crippen MR) is 126 cm³/mol. The second-order valence-electron chi connectivity index (χ2n) is 8.22. The highest BCUT2D eigenvalue weighted by Crippen LogP contribution is 2.19. The lowest BCUT2D eigenvalue weighted by Crippen LogP contribution is -2.23. The van der Waals surface area contributed by atoms with Crippen LogP contribution >= 0.6 is 0 Å². The minimum absolute atomic E-state index is 0.112. The van der Waals surface area contributed by atoms with Crippen LogP contribution in [0.4, 0.5) is 5.69 Å². The number of carbonyl (C=O) groups excluding carboxylic acids is 1. The number of carbonyl (C=O) groups is 1. The highest BCUT2D eigenvalue weighted by molar-refractivity contribution is 5.91. The number of nitrogens with one attached hydrogen (secondary N) is 1. The van der Waals surface area contributed by atoms with E-state index in [0.717, 1.165) is 11.3 Å². The number of anilines is 1. The molecule has 2 heterocycles. The Morgan fingerprint density at radius 1 is 1.06 bits per heavy atom. The second-order valence-corrected chi connectivity index (χ2v) is 8.22. The zero-order valence-corrected chi connectivity index (χ0v) is 19.2. The van der Waals surface area contributed by atoms with Crippen LogP contribution in [-0.2, 0) is 18.4 Å². The van der Waals surface area contributed by atoms with Crippen molar-refractivity contribution in [1.82, 2.24) is 29.6 Å². The van der Waals surface area contributed by atoms with Crippen LogP contribution in [0.2, 0.25) is 0 Å². The molecule has 170 valence electrons. The van der Waals surface area contributed by atoms with Crippen LogP contribution in [0.1, 0.15) is 37.4 Å². The molecule has 0 unspecified atom stereocenters. The number of benzene rings is 2. The van der Waals surface area contributed by atoms with Crippen molar-refractivity contribution in [3.05, 3.63) is 76.2 Å². The molecule has 0 aliphatic carbocycles. The van der Waals surface area contributed by atoms with Gasteiger partial charge in [-0.2, -0.15) is 4.80 Å². The third kappa shape index (κ3) is 4.62. The Morgan fingerprint density at radius 2 is 1.76 bits per heavy atom. The Kier molecular flexibility index (Phi) is 6.21. The molecular formula is C24H27N7O2. The van der Waals surface area contributed by atoms with Crippen LogP contribution in [0.5, 0.6) is 0 Å². The number of aryl methyl sites for hydroxylation is 1. The maximum atomic E-state index is 12.9. The molecule has 33 heavy (non-hydrogen) atoms. The van der Waals surface area contributed by atoms with Crippen LogP contribution in [0.3, 0.4) is 0 Å². The van der Waals surface area contributed by atoms with Gasteiger partial charge in [-0.05, 0) is 35.8 Å². The summed E-state index contributed by atoms with van der Waals surface area (Å²) in [4.78, 5) is 26.9. The first kappa shape index (κ1) is 22.2. The number of rotatable bonds is 7. The van der Waals surface area contributed by atoms with E-state index in [4.69, 9.17) is 0 Å². The molecule has 1 amide bonds. The van der Waals surface area contributed by atoms with E-state index in [1.165, 1.54) is 15.0 Å². The topological polar surface area (TPSA) is 99.6 Å². The van der Waals surface area contributed by atoms with Gasteiger partial charge in [-0.1, -0.05) is 56.3 Å². The maximum Gasteiger partial charge on any atom is 0.295 e. The summed E-state index contributed by atoms with van der Waals surface area (Å²) in [6, 6.07) is 17.3. The number of hydrogen-bond donors (Lipinski definition) is 1. The van der Waals surface area contributed by atoms with E-state index in [1.54, 1.807) is 18.7 Å². The van der Waals surface area contributed by atoms with Crippen molar-refractivity contribution >= 4 is 11.6 Å². The van der Waals surface area contributed by atoms with Gasteiger partial charge in [-0.15, -0.1) is 10.2 Å². The fourth-order valence-corrected chi connectivity index (χ4v) is 3.59. The summed E-state index contributed by atoms with van der Waals surface area (Å²) in [5, 5.41) is 15.3. The first-order valence-electron chi connectivity index (χ1n) is 10.9. The smallest absolute Gasteiger partial charge is 0.295 e. The zero-order valence-electron chi connectivity index (χ0n) is 19.2. The normalized spacial score (nSPS) is 11.2. The van der Waals surface area contributed by atoms with E-state index >= 15 is 0 Å². The molecule has 2 aromatic carbocycles. The maximum absolute atomic E-state index is 12.9. The van der Waals surface area contributed by atoms with Gasteiger partial charge in [-0.25, -0.2) is 4.68 Å². The summed E-state index contributed by atoms with van der Waals surface area (Å²) in [6.45, 7) is 6.33. The summed E-state index contributed by atoms with van der Waals surface area (Å²) in [5.41, 5.74) is 3.50. The first-order valence-corrected chi connectivity index (χ1v) is 10.9. The Balaban J connectivity index is 1.42. The van der Waals surface area contributed by atoms with Crippen molar-refractivity contribution in [3.8, 4) is 17.1 Å². The van der Waals surface area contributed by atoms with Gasteiger partial charge >= 0.3 is 0 Å². The minimum atomic E-state index is -0.291. The van der Waals surface area contributed by atoms with Crippen LogP contribution in [0, 0.1) is 6.92 Å². The van der Waals surface area contributed by atoms with Crippen LogP contribution < -0.4 is 10.9 Å². The van der Waals surface area contributed by atoms with Crippen molar-refractivity contribution in [3.63, 3.8) is 0 Å². The van der Waals surface area contributed by atoms with Gasteiger partial charge in [0.15, 0.2) is 0 Å². The van der Waals surface area contributed by atoms with Gasteiger partial charge in [0.2, 0.25) is 11.7 Å². The van der Waals surface area contributed by atoms with E-state index in [0.29, 0.717) is 17.4 Å². The molecule has 0 saturated heterocycles. The lowest BCUT2D eigenvalue weighted by molar-refractivity contribution is -0.116. The molecule has 9 nitrogen and oxygen atoms in total. The fraction of sp³-hybridized carbons (Fsp3) is 0.292. The lowest BCUT2D eigenvalue weighted by atomic mass is 10.0. The summed E-state index contributed by atoms with van der Waals surface area (Å²) >= 11 is 0. The Labute approximate surface area is 191 Å². The number of tetrazole rings is 1. The van der Waals surface area contributed by atoms with Crippen molar-refractivity contribution in [1.29, 1.82) is 0 Å². The first-order chi connectivity index (χ1) is 15.8. The van der Waals surface area contributed by atoms with Crippen LogP contribution in [0.25, 0.3) is 17.1 Å². The highest BCUT2D eigenvalue weighted by Gasteiger charge is 2.18. The summed E-state index contributed by atoms with van der Waals surface area (Å²) in [5.74, 6) is 0.669. The average molecular weight is 446 g/mol. The standard InChI is InChI=1S/C24H27N7O2/c1-16(2)18-10-12-19(13-11-18)23-26-28-30(27-23)15-14-21(32)25-22-17(3)29(4)31(24(22)33)20-8-6-5-7-9-20/h5-13,16H,14-15H2,1-4H3,(H,25,32). The number of nitrogens with zero attached hydrogens (tertiary/aromatic N) is 6. The molecule has 2 aromatic heterocycles. The van der Waals surface area contributed by atoms with E-state index < -0.39 is 0 Å². The number of para-hydroxylation sites is 1.